The molecule has 1 aliphatic heterocycles. The van der Waals surface area contributed by atoms with Crippen molar-refractivity contribution in [2.24, 2.45) is 0 Å². The Labute approximate surface area is 58.4 Å². The molecule has 2 atom stereocenters. The standard InChI is InChI=1S/C6H10O4/c1-3-5(8)6(9)4(7)2-10-3/h4,6-9H,2H2,1H3. The molecule has 10 heavy (non-hydrogen) atoms. The van der Waals surface area contributed by atoms with Gasteiger partial charge in [-0.3, -0.25) is 0 Å². The maximum Gasteiger partial charge on any atom is 0.161 e. The van der Waals surface area contributed by atoms with Crippen LogP contribution in [0.5, 0.6) is 0 Å². The molecule has 4 nitrogen and oxygen atoms in total. The summed E-state index contributed by atoms with van der Waals surface area (Å²) in [5, 5.41) is 26.8. The van der Waals surface area contributed by atoms with Crippen molar-refractivity contribution >= 4 is 0 Å². The van der Waals surface area contributed by atoms with Crippen molar-refractivity contribution < 1.29 is 20.1 Å². The summed E-state index contributed by atoms with van der Waals surface area (Å²) < 4.78 is 4.79. The fraction of sp³-hybridized carbons (Fsp3) is 0.667. The maximum atomic E-state index is 8.98. The normalized spacial score (nSPS) is 33.9. The van der Waals surface area contributed by atoms with Crippen LogP contribution < -0.4 is 0 Å². The lowest BCUT2D eigenvalue weighted by Gasteiger charge is -2.24. The van der Waals surface area contributed by atoms with Crippen molar-refractivity contribution in [2.45, 2.75) is 19.1 Å². The zero-order valence-corrected chi connectivity index (χ0v) is 5.61. The summed E-state index contributed by atoms with van der Waals surface area (Å²) in [7, 11) is 0. The molecule has 0 saturated carbocycles. The topological polar surface area (TPSA) is 69.9 Å². The summed E-state index contributed by atoms with van der Waals surface area (Å²) in [6.07, 6.45) is -2.20. The molecule has 0 aromatic rings. The van der Waals surface area contributed by atoms with Gasteiger partial charge >= 0.3 is 0 Å². The summed E-state index contributed by atoms with van der Waals surface area (Å²) in [5.74, 6) is -0.00319. The number of hydrogen-bond donors (Lipinski definition) is 3. The number of aliphatic hydroxyl groups excluding tert-OH is 3. The quantitative estimate of drug-likeness (QED) is 0.432. The number of ether oxygens (including phenoxy) is 1. The molecule has 0 saturated heterocycles. The van der Waals surface area contributed by atoms with Crippen LogP contribution in [0.2, 0.25) is 0 Å². The molecule has 0 aromatic carbocycles. The van der Waals surface area contributed by atoms with E-state index in [1.807, 2.05) is 0 Å². The zero-order chi connectivity index (χ0) is 7.72. The second kappa shape index (κ2) is 2.48. The van der Waals surface area contributed by atoms with Crippen molar-refractivity contribution in [3.05, 3.63) is 11.5 Å². The molecule has 2 unspecified atom stereocenters. The van der Waals surface area contributed by atoms with Crippen LogP contribution in [0, 0.1) is 0 Å². The van der Waals surface area contributed by atoms with E-state index in [0.717, 1.165) is 0 Å². The third-order valence-electron chi connectivity index (χ3n) is 1.48. The van der Waals surface area contributed by atoms with Gasteiger partial charge < -0.3 is 20.1 Å². The van der Waals surface area contributed by atoms with E-state index in [1.54, 1.807) is 0 Å². The van der Waals surface area contributed by atoms with Crippen LogP contribution in [0.3, 0.4) is 0 Å². The van der Waals surface area contributed by atoms with Crippen molar-refractivity contribution in [1.29, 1.82) is 0 Å². The van der Waals surface area contributed by atoms with Crippen molar-refractivity contribution in [2.75, 3.05) is 6.61 Å². The average Bonchev–Trinajstić information content (AvgIpc) is 1.93. The molecule has 4 heteroatoms. The summed E-state index contributed by atoms with van der Waals surface area (Å²) in [6, 6.07) is 0. The molecule has 0 fully saturated rings. The minimum absolute atomic E-state index is 0.0388. The molecule has 3 N–H and O–H groups in total. The van der Waals surface area contributed by atoms with Gasteiger partial charge in [-0.1, -0.05) is 0 Å². The molecule has 58 valence electrons. The molecule has 0 spiro atoms. The fourth-order valence-electron chi connectivity index (χ4n) is 0.766. The molecule has 0 bridgehead atoms. The maximum absolute atomic E-state index is 8.98. The van der Waals surface area contributed by atoms with E-state index < -0.39 is 12.2 Å². The third kappa shape index (κ3) is 1.08. The monoisotopic (exact) mass is 146 g/mol. The van der Waals surface area contributed by atoms with Gasteiger partial charge in [0.05, 0.1) is 0 Å². The van der Waals surface area contributed by atoms with Crippen LogP contribution in [0.15, 0.2) is 11.5 Å². The molecular formula is C6H10O4. The Morgan fingerprint density at radius 1 is 1.50 bits per heavy atom. The van der Waals surface area contributed by atoms with E-state index in [0.29, 0.717) is 0 Å². The van der Waals surface area contributed by atoms with Crippen molar-refractivity contribution in [3.8, 4) is 0 Å². The van der Waals surface area contributed by atoms with Gasteiger partial charge in [-0.05, 0) is 6.92 Å². The summed E-state index contributed by atoms with van der Waals surface area (Å²) in [6.45, 7) is 1.57. The summed E-state index contributed by atoms with van der Waals surface area (Å²) in [5.41, 5.74) is 0. The van der Waals surface area contributed by atoms with Crippen LogP contribution in [-0.2, 0) is 4.74 Å². The Balaban J connectivity index is 2.77. The highest BCUT2D eigenvalue weighted by Crippen LogP contribution is 2.16. The summed E-state index contributed by atoms with van der Waals surface area (Å²) in [4.78, 5) is 0. The first kappa shape index (κ1) is 7.37. The molecule has 0 aromatic heterocycles. The molecule has 0 aliphatic carbocycles. The lowest BCUT2D eigenvalue weighted by atomic mass is 10.1. The van der Waals surface area contributed by atoms with Crippen LogP contribution in [0.25, 0.3) is 0 Å². The van der Waals surface area contributed by atoms with Gasteiger partial charge in [-0.25, -0.2) is 0 Å². The Bertz CT molecular complexity index is 163. The first-order chi connectivity index (χ1) is 4.63. The van der Waals surface area contributed by atoms with Gasteiger partial charge in [0.15, 0.2) is 5.76 Å². The predicted molar refractivity (Wildman–Crippen MR) is 33.3 cm³/mol. The smallest absolute Gasteiger partial charge is 0.161 e. The van der Waals surface area contributed by atoms with Crippen molar-refractivity contribution in [3.63, 3.8) is 0 Å². The number of aliphatic hydroxyl groups is 3. The summed E-state index contributed by atoms with van der Waals surface area (Å²) >= 11 is 0. The molecule has 1 heterocycles. The predicted octanol–water partition coefficient (Wildman–Crippen LogP) is -0.472. The van der Waals surface area contributed by atoms with E-state index in [9.17, 15) is 0 Å². The Morgan fingerprint density at radius 3 is 2.60 bits per heavy atom. The Hall–Kier alpha value is -0.740. The van der Waals surface area contributed by atoms with Crippen LogP contribution in [0.4, 0.5) is 0 Å². The lowest BCUT2D eigenvalue weighted by Crippen LogP contribution is -2.36. The number of rotatable bonds is 0. The van der Waals surface area contributed by atoms with Gasteiger partial charge in [0.2, 0.25) is 0 Å². The second-order valence-electron chi connectivity index (χ2n) is 2.26. The molecule has 0 radical (unpaired) electrons. The lowest BCUT2D eigenvalue weighted by molar-refractivity contribution is -0.0497. The fourth-order valence-corrected chi connectivity index (χ4v) is 0.766. The Kier molecular flexibility index (Phi) is 1.82. The van der Waals surface area contributed by atoms with E-state index >= 15 is 0 Å². The van der Waals surface area contributed by atoms with Gasteiger partial charge in [-0.15, -0.1) is 0 Å². The van der Waals surface area contributed by atoms with Gasteiger partial charge in [0.25, 0.3) is 0 Å². The SMILES string of the molecule is CC1=C(O)C(O)C(O)CO1. The van der Waals surface area contributed by atoms with E-state index in [4.69, 9.17) is 20.1 Å². The number of hydrogen-bond acceptors (Lipinski definition) is 4. The van der Waals surface area contributed by atoms with Crippen LogP contribution >= 0.6 is 0 Å². The molecular weight excluding hydrogens is 136 g/mol. The molecule has 0 amide bonds. The zero-order valence-electron chi connectivity index (χ0n) is 5.61. The van der Waals surface area contributed by atoms with E-state index in [2.05, 4.69) is 0 Å². The van der Waals surface area contributed by atoms with Gasteiger partial charge in [-0.2, -0.15) is 0 Å². The molecule has 1 rings (SSSR count). The largest absolute Gasteiger partial charge is 0.506 e. The van der Waals surface area contributed by atoms with Crippen molar-refractivity contribution in [1.82, 2.24) is 0 Å². The second-order valence-corrected chi connectivity index (χ2v) is 2.26. The highest BCUT2D eigenvalue weighted by atomic mass is 16.5. The Morgan fingerprint density at radius 2 is 2.10 bits per heavy atom. The first-order valence-electron chi connectivity index (χ1n) is 3.01. The average molecular weight is 146 g/mol. The number of allylic oxidation sites excluding steroid dienone is 1. The molecule has 1 aliphatic rings. The minimum Gasteiger partial charge on any atom is -0.506 e. The van der Waals surface area contributed by atoms with Crippen LogP contribution in [0.1, 0.15) is 6.92 Å². The minimum atomic E-state index is -1.19. The van der Waals surface area contributed by atoms with Crippen LogP contribution in [-0.4, -0.2) is 34.1 Å². The van der Waals surface area contributed by atoms with E-state index in [1.165, 1.54) is 6.92 Å². The highest BCUT2D eigenvalue weighted by molar-refractivity contribution is 5.08. The first-order valence-corrected chi connectivity index (χ1v) is 3.01. The third-order valence-corrected chi connectivity index (χ3v) is 1.48. The van der Waals surface area contributed by atoms with Gasteiger partial charge in [0.1, 0.15) is 24.6 Å². The van der Waals surface area contributed by atoms with Gasteiger partial charge in [0, 0.05) is 0 Å². The highest BCUT2D eigenvalue weighted by Gasteiger charge is 2.27. The van der Waals surface area contributed by atoms with E-state index in [-0.39, 0.29) is 18.1 Å².